The number of likely N-dealkylation sites (tertiary alicyclic amines) is 1. The maximum absolute atomic E-state index is 12.5. The topological polar surface area (TPSA) is 84.1 Å². The molecule has 0 radical (unpaired) electrons. The van der Waals surface area contributed by atoms with Crippen molar-refractivity contribution in [2.45, 2.75) is 25.3 Å². The van der Waals surface area contributed by atoms with E-state index in [-0.39, 0.29) is 11.9 Å². The molecule has 11 heteroatoms. The van der Waals surface area contributed by atoms with Crippen molar-refractivity contribution in [2.24, 2.45) is 10.1 Å². The summed E-state index contributed by atoms with van der Waals surface area (Å²) >= 11 is 24.6. The molecule has 4 rings (SSSR count). The lowest BCUT2D eigenvalue weighted by Crippen LogP contribution is -2.45. The Kier molecular flexibility index (Phi) is 7.84. The van der Waals surface area contributed by atoms with Crippen LogP contribution in [-0.4, -0.2) is 53.2 Å². The van der Waals surface area contributed by atoms with Gasteiger partial charge in [0.2, 0.25) is 11.9 Å². The molecule has 2 aliphatic heterocycles. The van der Waals surface area contributed by atoms with Gasteiger partial charge in [-0.15, -0.1) is 0 Å². The van der Waals surface area contributed by atoms with Crippen LogP contribution in [0.5, 0.6) is 0 Å². The van der Waals surface area contributed by atoms with Crippen LogP contribution in [-0.2, 0) is 11.2 Å². The van der Waals surface area contributed by atoms with Crippen LogP contribution in [0.4, 0.5) is 0 Å². The van der Waals surface area contributed by atoms with Crippen molar-refractivity contribution in [2.75, 3.05) is 19.6 Å². The van der Waals surface area contributed by atoms with Crippen molar-refractivity contribution in [3.8, 4) is 6.19 Å². The van der Waals surface area contributed by atoms with E-state index in [9.17, 15) is 10.1 Å². The van der Waals surface area contributed by atoms with Crippen LogP contribution in [0, 0.1) is 11.5 Å². The highest BCUT2D eigenvalue weighted by molar-refractivity contribution is 6.42. The van der Waals surface area contributed by atoms with Gasteiger partial charge < -0.3 is 4.90 Å². The molecule has 1 saturated heterocycles. The maximum Gasteiger partial charge on any atom is 0.228 e. The first kappa shape index (κ1) is 24.6. The van der Waals surface area contributed by atoms with Gasteiger partial charge in [0.1, 0.15) is 0 Å². The number of hydrogen-bond donors (Lipinski definition) is 1. The zero-order chi connectivity index (χ0) is 24.2. The normalized spacial score (nSPS) is 18.3. The van der Waals surface area contributed by atoms with Crippen LogP contribution < -0.4 is 5.32 Å². The lowest BCUT2D eigenvalue weighted by atomic mass is 10.0. The summed E-state index contributed by atoms with van der Waals surface area (Å²) in [4.78, 5) is 18.9. The number of benzene rings is 2. The van der Waals surface area contributed by atoms with E-state index in [2.05, 4.69) is 10.3 Å². The number of amides is 1. The highest BCUT2D eigenvalue weighted by atomic mass is 35.5. The lowest BCUT2D eigenvalue weighted by Gasteiger charge is -2.25. The summed E-state index contributed by atoms with van der Waals surface area (Å²) in [7, 11) is 0. The van der Waals surface area contributed by atoms with E-state index in [1.54, 1.807) is 29.3 Å². The minimum atomic E-state index is -0.302. The molecule has 1 N–H and O–H groups in total. The monoisotopic (exact) mass is 536 g/mol. The molecular weight excluding hydrogens is 518 g/mol. The van der Waals surface area contributed by atoms with Crippen LogP contribution >= 0.6 is 46.4 Å². The second kappa shape index (κ2) is 10.8. The number of hydrazone groups is 1. The summed E-state index contributed by atoms with van der Waals surface area (Å²) in [5, 5.41) is 20.2. The number of rotatable bonds is 5. The van der Waals surface area contributed by atoms with E-state index >= 15 is 0 Å². The predicted octanol–water partition coefficient (Wildman–Crippen LogP) is 4.98. The van der Waals surface area contributed by atoms with Crippen LogP contribution in [0.25, 0.3) is 0 Å². The number of nitrogens with zero attached hydrogens (tertiary/aromatic N) is 5. The number of carbonyl (C=O) groups excluding carboxylic acids is 1. The summed E-state index contributed by atoms with van der Waals surface area (Å²) in [6.07, 6.45) is 3.77. The second-order valence-electron chi connectivity index (χ2n) is 7.83. The number of nitriles is 1. The number of nitrogens with one attached hydrogen (secondary N) is 1. The first-order valence-corrected chi connectivity index (χ1v) is 12.1. The number of aliphatic imine (C=N–C) groups is 1. The fraction of sp³-hybridized carbons (Fsp3) is 0.304. The van der Waals surface area contributed by atoms with Crippen molar-refractivity contribution in [3.63, 3.8) is 0 Å². The van der Waals surface area contributed by atoms with Crippen molar-refractivity contribution in [1.29, 1.82) is 5.26 Å². The molecule has 1 unspecified atom stereocenters. The minimum absolute atomic E-state index is 0.0729. The van der Waals surface area contributed by atoms with Gasteiger partial charge in [-0.1, -0.05) is 58.5 Å². The molecule has 7 nitrogen and oxygen atoms in total. The van der Waals surface area contributed by atoms with Crippen LogP contribution in [0.15, 0.2) is 46.5 Å². The zero-order valence-corrected chi connectivity index (χ0v) is 21.0. The van der Waals surface area contributed by atoms with Gasteiger partial charge in [-0.2, -0.15) is 10.4 Å². The Morgan fingerprint density at radius 3 is 2.65 bits per heavy atom. The van der Waals surface area contributed by atoms with Crippen molar-refractivity contribution in [1.82, 2.24) is 15.2 Å². The van der Waals surface area contributed by atoms with Gasteiger partial charge in [0, 0.05) is 35.1 Å². The van der Waals surface area contributed by atoms with Crippen molar-refractivity contribution in [3.05, 3.63) is 67.6 Å². The third-order valence-corrected chi connectivity index (χ3v) is 6.99. The molecule has 0 aromatic heterocycles. The van der Waals surface area contributed by atoms with Crippen LogP contribution in [0.2, 0.25) is 20.1 Å². The highest BCUT2D eigenvalue weighted by Gasteiger charge is 2.38. The minimum Gasteiger partial charge on any atom is -0.332 e. The molecule has 1 amide bonds. The summed E-state index contributed by atoms with van der Waals surface area (Å²) in [6, 6.07) is 10.3. The molecule has 0 saturated carbocycles. The first-order valence-electron chi connectivity index (χ1n) is 10.6. The van der Waals surface area contributed by atoms with E-state index in [1.165, 1.54) is 0 Å². The molecule has 176 valence electrons. The van der Waals surface area contributed by atoms with E-state index < -0.39 is 0 Å². The second-order valence-corrected chi connectivity index (χ2v) is 9.49. The highest BCUT2D eigenvalue weighted by Crippen LogP contribution is 2.28. The number of halogens is 4. The first-order chi connectivity index (χ1) is 16.4. The molecule has 0 aliphatic carbocycles. The standard InChI is InChI=1S/C23H20Cl4N6O/c24-16-5-3-14(18(26)11-16)7-8-29-23(30-13-28)33-12-20(32-9-1-2-21(32)34)22(31-33)15-4-6-17(25)19(27)10-15/h3-6,10-11,20H,1-2,7-9,12H2,(H,29,30). The molecule has 34 heavy (non-hydrogen) atoms. The van der Waals surface area contributed by atoms with Gasteiger partial charge in [-0.25, -0.2) is 5.01 Å². The van der Waals surface area contributed by atoms with E-state index in [0.717, 1.165) is 17.5 Å². The quantitative estimate of drug-likeness (QED) is 0.252. The smallest absolute Gasteiger partial charge is 0.228 e. The third kappa shape index (κ3) is 5.42. The summed E-state index contributed by atoms with van der Waals surface area (Å²) in [6.45, 7) is 1.37. The average Bonchev–Trinajstić information content (AvgIpc) is 3.42. The molecule has 0 spiro atoms. The van der Waals surface area contributed by atoms with Gasteiger partial charge in [-0.3, -0.25) is 15.1 Å². The summed E-state index contributed by atoms with van der Waals surface area (Å²) in [5.74, 6) is 0.364. The molecular formula is C23H20Cl4N6O. The molecule has 1 atom stereocenters. The Labute approximate surface area is 217 Å². The Morgan fingerprint density at radius 2 is 1.97 bits per heavy atom. The van der Waals surface area contributed by atoms with Gasteiger partial charge in [0.05, 0.1) is 28.3 Å². The molecule has 1 fully saturated rings. The number of hydrogen-bond acceptors (Lipinski definition) is 4. The molecule has 2 aliphatic rings. The summed E-state index contributed by atoms with van der Waals surface area (Å²) in [5.41, 5.74) is 2.32. The van der Waals surface area contributed by atoms with Crippen LogP contribution in [0.3, 0.4) is 0 Å². The SMILES string of the molecule is N#CNC(=NCCc1ccc(Cl)cc1Cl)N1CC(N2CCCC2=O)C(c2ccc(Cl)c(Cl)c2)=N1. The third-order valence-electron chi connectivity index (χ3n) is 5.66. The zero-order valence-electron chi connectivity index (χ0n) is 17.9. The van der Waals surface area contributed by atoms with E-state index in [1.807, 2.05) is 23.2 Å². The molecule has 2 heterocycles. The number of guanidine groups is 1. The average molecular weight is 538 g/mol. The van der Waals surface area contributed by atoms with Crippen LogP contribution in [0.1, 0.15) is 24.0 Å². The lowest BCUT2D eigenvalue weighted by molar-refractivity contribution is -0.128. The van der Waals surface area contributed by atoms with Crippen molar-refractivity contribution < 1.29 is 4.79 Å². The fourth-order valence-electron chi connectivity index (χ4n) is 4.01. The molecule has 0 bridgehead atoms. The van der Waals surface area contributed by atoms with Gasteiger partial charge in [0.15, 0.2) is 6.19 Å². The maximum atomic E-state index is 12.5. The van der Waals surface area contributed by atoms with E-state index in [4.69, 9.17) is 51.5 Å². The Balaban J connectivity index is 1.61. The van der Waals surface area contributed by atoms with Gasteiger partial charge in [-0.05, 0) is 42.7 Å². The Hall–Kier alpha value is -2.50. The molecule has 2 aromatic carbocycles. The fourth-order valence-corrected chi connectivity index (χ4v) is 4.82. The summed E-state index contributed by atoms with van der Waals surface area (Å²) < 4.78 is 0. The van der Waals surface area contributed by atoms with Crippen molar-refractivity contribution >= 4 is 64.0 Å². The molecule has 2 aromatic rings. The Morgan fingerprint density at radius 1 is 1.15 bits per heavy atom. The largest absolute Gasteiger partial charge is 0.332 e. The van der Waals surface area contributed by atoms with Gasteiger partial charge >= 0.3 is 0 Å². The Bertz CT molecular complexity index is 1210. The predicted molar refractivity (Wildman–Crippen MR) is 136 cm³/mol. The van der Waals surface area contributed by atoms with Gasteiger partial charge in [0.25, 0.3) is 0 Å². The number of carbonyl (C=O) groups is 1. The van der Waals surface area contributed by atoms with E-state index in [0.29, 0.717) is 64.2 Å².